The molecule has 30 heavy (non-hydrogen) atoms. The second-order valence-electron chi connectivity index (χ2n) is 8.35. The maximum Gasteiger partial charge on any atom is 0.0435 e. The van der Waals surface area contributed by atoms with Gasteiger partial charge in [-0.05, 0) is 107 Å². The number of pyridine rings is 1. The molecule has 1 aromatic heterocycles. The van der Waals surface area contributed by atoms with E-state index in [1.807, 2.05) is 26.4 Å². The highest BCUT2D eigenvalue weighted by molar-refractivity contribution is 5.56. The monoisotopic (exact) mass is 409 g/mol. The van der Waals surface area contributed by atoms with Gasteiger partial charge in [0.1, 0.15) is 0 Å². The summed E-state index contributed by atoms with van der Waals surface area (Å²) in [4.78, 5) is 4.32. The molecule has 0 amide bonds. The molecule has 4 N–H and O–H groups in total. The number of nitrogens with one attached hydrogen (secondary N) is 4. The first-order chi connectivity index (χ1) is 14.8. The van der Waals surface area contributed by atoms with E-state index < -0.39 is 0 Å². The topological polar surface area (TPSA) is 61.0 Å². The van der Waals surface area contributed by atoms with Crippen molar-refractivity contribution < 1.29 is 0 Å². The number of fused-ring (bicyclic) bond motifs is 2. The average molecular weight is 410 g/mol. The van der Waals surface area contributed by atoms with Crippen LogP contribution in [0.5, 0.6) is 0 Å². The second-order valence-corrected chi connectivity index (χ2v) is 8.35. The van der Waals surface area contributed by atoms with Crippen molar-refractivity contribution in [3.8, 4) is 0 Å². The van der Waals surface area contributed by atoms with E-state index in [2.05, 4.69) is 50.5 Å². The molecule has 0 radical (unpaired) electrons. The van der Waals surface area contributed by atoms with Crippen molar-refractivity contribution in [2.75, 3.05) is 39.0 Å². The lowest BCUT2D eigenvalue weighted by Crippen LogP contribution is -2.36. The highest BCUT2D eigenvalue weighted by Crippen LogP contribution is 2.25. The van der Waals surface area contributed by atoms with Crippen LogP contribution in [0.1, 0.15) is 48.1 Å². The van der Waals surface area contributed by atoms with Gasteiger partial charge in [0.25, 0.3) is 0 Å². The number of piperidine rings is 1. The van der Waals surface area contributed by atoms with Crippen LogP contribution in [0.3, 0.4) is 0 Å². The Hall–Kier alpha value is -1.95. The molecule has 0 saturated carbocycles. The molecule has 3 heterocycles. The fourth-order valence-corrected chi connectivity index (χ4v) is 4.39. The molecule has 1 aromatic carbocycles. The lowest BCUT2D eigenvalue weighted by molar-refractivity contribution is 0.478. The zero-order chi connectivity index (χ0) is 21.0. The quantitative estimate of drug-likeness (QED) is 0.613. The van der Waals surface area contributed by atoms with Crippen LogP contribution < -0.4 is 21.3 Å². The minimum absolute atomic E-state index is 0.651. The zero-order valence-electron chi connectivity index (χ0n) is 18.8. The lowest BCUT2D eigenvalue weighted by Gasteiger charge is -2.28. The van der Waals surface area contributed by atoms with E-state index in [1.54, 1.807) is 0 Å². The van der Waals surface area contributed by atoms with Gasteiger partial charge in [0.05, 0.1) is 0 Å². The van der Waals surface area contributed by atoms with E-state index in [0.29, 0.717) is 6.04 Å². The van der Waals surface area contributed by atoms with Gasteiger partial charge in [-0.15, -0.1) is 0 Å². The SMILES string of the molecule is CNC.c1cc2c(c(NC3CCNCC3)c1)CCNC2.c1cnc2c(c1)CCCC2. The van der Waals surface area contributed by atoms with Crippen molar-refractivity contribution in [2.45, 2.75) is 57.5 Å². The molecular formula is C25H39N5. The Morgan fingerprint density at radius 2 is 1.63 bits per heavy atom. The Kier molecular flexibility index (Phi) is 9.61. The van der Waals surface area contributed by atoms with Crippen LogP contribution in [-0.2, 0) is 25.8 Å². The van der Waals surface area contributed by atoms with Gasteiger partial charge in [-0.25, -0.2) is 0 Å². The van der Waals surface area contributed by atoms with Crippen molar-refractivity contribution in [3.63, 3.8) is 0 Å². The van der Waals surface area contributed by atoms with Crippen LogP contribution in [-0.4, -0.2) is 44.8 Å². The van der Waals surface area contributed by atoms with Gasteiger partial charge in [-0.3, -0.25) is 4.98 Å². The van der Waals surface area contributed by atoms with E-state index in [1.165, 1.54) is 66.6 Å². The standard InChI is InChI=1S/C14H21N3.C9H11N.C2H7N/c1-2-11-10-16-9-6-13(11)14(3-1)17-12-4-7-15-8-5-12;1-2-6-9-8(4-1)5-3-7-10-9;1-3-2/h1-3,12,15-17H,4-10H2;3,5,7H,1-2,4,6H2;3H,1-2H3. The average Bonchev–Trinajstić information content (AvgIpc) is 2.81. The molecule has 0 spiro atoms. The van der Waals surface area contributed by atoms with Crippen LogP contribution in [0.25, 0.3) is 0 Å². The Morgan fingerprint density at radius 3 is 2.43 bits per heavy atom. The van der Waals surface area contributed by atoms with Crippen LogP contribution in [0.2, 0.25) is 0 Å². The Balaban J connectivity index is 0.000000167. The van der Waals surface area contributed by atoms with Gasteiger partial charge < -0.3 is 21.3 Å². The third kappa shape index (κ3) is 6.79. The molecule has 5 rings (SSSR count). The molecule has 0 atom stereocenters. The van der Waals surface area contributed by atoms with Gasteiger partial charge in [-0.2, -0.15) is 0 Å². The number of aryl methyl sites for hydroxylation is 2. The maximum atomic E-state index is 4.32. The summed E-state index contributed by atoms with van der Waals surface area (Å²) in [6, 6.07) is 11.5. The molecule has 164 valence electrons. The smallest absolute Gasteiger partial charge is 0.0435 e. The number of rotatable bonds is 2. The summed E-state index contributed by atoms with van der Waals surface area (Å²) in [6.07, 6.45) is 10.6. The fraction of sp³-hybridized carbons (Fsp3) is 0.560. The first kappa shape index (κ1) is 22.7. The molecule has 5 heteroatoms. The number of hydrogen-bond acceptors (Lipinski definition) is 5. The van der Waals surface area contributed by atoms with E-state index >= 15 is 0 Å². The predicted molar refractivity (Wildman–Crippen MR) is 127 cm³/mol. The molecule has 0 bridgehead atoms. The third-order valence-corrected chi connectivity index (χ3v) is 5.93. The predicted octanol–water partition coefficient (Wildman–Crippen LogP) is 3.29. The van der Waals surface area contributed by atoms with E-state index in [9.17, 15) is 0 Å². The van der Waals surface area contributed by atoms with E-state index in [4.69, 9.17) is 0 Å². The van der Waals surface area contributed by atoms with Crippen molar-refractivity contribution in [2.24, 2.45) is 0 Å². The summed E-state index contributed by atoms with van der Waals surface area (Å²) >= 11 is 0. The maximum absolute atomic E-state index is 4.32. The van der Waals surface area contributed by atoms with Gasteiger partial charge in [0, 0.05) is 30.2 Å². The normalized spacial score (nSPS) is 17.9. The number of aromatic nitrogens is 1. The molecule has 2 aromatic rings. The van der Waals surface area contributed by atoms with Crippen LogP contribution in [0.4, 0.5) is 5.69 Å². The Labute approximate surface area is 182 Å². The minimum Gasteiger partial charge on any atom is -0.382 e. The molecule has 3 aliphatic rings. The van der Waals surface area contributed by atoms with Crippen LogP contribution in [0, 0.1) is 0 Å². The number of hydrogen-bond donors (Lipinski definition) is 4. The summed E-state index contributed by atoms with van der Waals surface area (Å²) < 4.78 is 0. The van der Waals surface area contributed by atoms with E-state index in [0.717, 1.165) is 32.6 Å². The van der Waals surface area contributed by atoms with Gasteiger partial charge in [-0.1, -0.05) is 18.2 Å². The van der Waals surface area contributed by atoms with Crippen LogP contribution >= 0.6 is 0 Å². The summed E-state index contributed by atoms with van der Waals surface area (Å²) in [5, 5.41) is 13.3. The Morgan fingerprint density at radius 1 is 0.867 bits per heavy atom. The fourth-order valence-electron chi connectivity index (χ4n) is 4.39. The summed E-state index contributed by atoms with van der Waals surface area (Å²) in [7, 11) is 3.75. The van der Waals surface area contributed by atoms with Gasteiger partial charge >= 0.3 is 0 Å². The van der Waals surface area contributed by atoms with Crippen molar-refractivity contribution in [1.82, 2.24) is 20.9 Å². The van der Waals surface area contributed by atoms with Crippen molar-refractivity contribution in [3.05, 3.63) is 58.9 Å². The molecular weight excluding hydrogens is 370 g/mol. The first-order valence-electron chi connectivity index (χ1n) is 11.6. The summed E-state index contributed by atoms with van der Waals surface area (Å²) in [5.41, 5.74) is 7.17. The minimum atomic E-state index is 0.651. The van der Waals surface area contributed by atoms with E-state index in [-0.39, 0.29) is 0 Å². The molecule has 2 aliphatic heterocycles. The number of benzene rings is 1. The number of nitrogens with zero attached hydrogens (tertiary/aromatic N) is 1. The number of anilines is 1. The highest BCUT2D eigenvalue weighted by atomic mass is 15.0. The molecule has 0 unspecified atom stereocenters. The zero-order valence-corrected chi connectivity index (χ0v) is 18.8. The van der Waals surface area contributed by atoms with Crippen molar-refractivity contribution in [1.29, 1.82) is 0 Å². The van der Waals surface area contributed by atoms with Crippen molar-refractivity contribution >= 4 is 5.69 Å². The second kappa shape index (κ2) is 12.7. The van der Waals surface area contributed by atoms with Gasteiger partial charge in [0.15, 0.2) is 0 Å². The largest absolute Gasteiger partial charge is 0.382 e. The third-order valence-electron chi connectivity index (χ3n) is 5.93. The lowest BCUT2D eigenvalue weighted by atomic mass is 9.96. The highest BCUT2D eigenvalue weighted by Gasteiger charge is 2.17. The molecule has 1 aliphatic carbocycles. The molecule has 1 fully saturated rings. The first-order valence-corrected chi connectivity index (χ1v) is 11.6. The summed E-state index contributed by atoms with van der Waals surface area (Å²) in [6.45, 7) is 4.43. The van der Waals surface area contributed by atoms with Crippen LogP contribution in [0.15, 0.2) is 36.5 Å². The molecule has 1 saturated heterocycles. The Bertz CT molecular complexity index is 730. The van der Waals surface area contributed by atoms with Gasteiger partial charge in [0.2, 0.25) is 0 Å². The summed E-state index contributed by atoms with van der Waals surface area (Å²) in [5.74, 6) is 0. The molecule has 5 nitrogen and oxygen atoms in total.